The van der Waals surface area contributed by atoms with E-state index in [-0.39, 0.29) is 0 Å². The van der Waals surface area contributed by atoms with Gasteiger partial charge in [0.05, 0.1) is 0 Å². The monoisotopic (exact) mass is 261 g/mol. The van der Waals surface area contributed by atoms with Crippen molar-refractivity contribution in [1.29, 1.82) is 0 Å². The number of hydrogen-bond donors (Lipinski definition) is 0. The molecule has 1 heteroatoms. The molecule has 1 aromatic heterocycles. The quantitative estimate of drug-likeness (QED) is 0.573. The molecule has 0 bridgehead atoms. The molecule has 100 valence electrons. The molecule has 1 heterocycles. The van der Waals surface area contributed by atoms with Crippen LogP contribution < -0.4 is 0 Å². The zero-order valence-corrected chi connectivity index (χ0v) is 12.1. The first-order valence-corrected chi connectivity index (χ1v) is 6.98. The lowest BCUT2D eigenvalue weighted by molar-refractivity contribution is 0.642. The first kappa shape index (κ1) is 12.7. The van der Waals surface area contributed by atoms with Gasteiger partial charge in [-0.3, -0.25) is 0 Å². The van der Waals surface area contributed by atoms with Gasteiger partial charge in [0.1, 0.15) is 0 Å². The highest BCUT2D eigenvalue weighted by Gasteiger charge is 2.12. The van der Waals surface area contributed by atoms with Crippen LogP contribution >= 0.6 is 0 Å². The van der Waals surface area contributed by atoms with E-state index in [9.17, 15) is 0 Å². The summed E-state index contributed by atoms with van der Waals surface area (Å²) in [7, 11) is 0. The molecule has 3 rings (SSSR count). The Bertz CT molecular complexity index is 753. The van der Waals surface area contributed by atoms with Gasteiger partial charge in [0, 0.05) is 27.8 Å². The molecule has 0 unspecified atom stereocenters. The second-order valence-corrected chi connectivity index (χ2v) is 5.43. The number of benzene rings is 2. The smallest absolute Gasteiger partial charge is 0.0494 e. The summed E-state index contributed by atoms with van der Waals surface area (Å²) < 4.78 is 2.39. The van der Waals surface area contributed by atoms with Crippen molar-refractivity contribution in [2.45, 2.75) is 19.9 Å². The van der Waals surface area contributed by atoms with Crippen molar-refractivity contribution in [2.75, 3.05) is 0 Å². The number of aromatic nitrogens is 1. The molecule has 0 atom stereocenters. The molecule has 0 spiro atoms. The molecule has 3 aromatic rings. The van der Waals surface area contributed by atoms with Gasteiger partial charge in [-0.25, -0.2) is 0 Å². The van der Waals surface area contributed by atoms with Crippen LogP contribution in [-0.2, 0) is 0 Å². The standard InChI is InChI=1S/C19H19N/c1-5-14-7-9-18-16(11-14)17-12-15(6-2)8-10-19(17)20(18)13(3)4/h5-13H,1-2H2,3-4H3. The molecule has 2 aromatic carbocycles. The first-order valence-electron chi connectivity index (χ1n) is 6.98. The normalized spacial score (nSPS) is 11.3. The number of hydrogen-bond acceptors (Lipinski definition) is 0. The van der Waals surface area contributed by atoms with E-state index in [1.807, 2.05) is 12.2 Å². The van der Waals surface area contributed by atoms with Crippen LogP contribution in [-0.4, -0.2) is 4.57 Å². The molecule has 20 heavy (non-hydrogen) atoms. The summed E-state index contributed by atoms with van der Waals surface area (Å²) in [4.78, 5) is 0. The van der Waals surface area contributed by atoms with E-state index < -0.39 is 0 Å². The minimum absolute atomic E-state index is 0.430. The summed E-state index contributed by atoms with van der Waals surface area (Å²) in [6, 6.07) is 13.5. The molecule has 0 saturated carbocycles. The van der Waals surface area contributed by atoms with E-state index in [1.165, 1.54) is 21.8 Å². The molecular weight excluding hydrogens is 242 g/mol. The van der Waals surface area contributed by atoms with Crippen LogP contribution in [0.25, 0.3) is 34.0 Å². The fourth-order valence-electron chi connectivity index (χ4n) is 2.90. The van der Waals surface area contributed by atoms with Gasteiger partial charge in [-0.2, -0.15) is 0 Å². The Morgan fingerprint density at radius 3 is 1.65 bits per heavy atom. The lowest BCUT2D eigenvalue weighted by Crippen LogP contribution is -1.99. The van der Waals surface area contributed by atoms with Crippen molar-refractivity contribution in [1.82, 2.24) is 4.57 Å². The van der Waals surface area contributed by atoms with Crippen LogP contribution in [0.15, 0.2) is 49.6 Å². The Hall–Kier alpha value is -2.28. The van der Waals surface area contributed by atoms with E-state index >= 15 is 0 Å². The molecule has 0 aliphatic carbocycles. The van der Waals surface area contributed by atoms with Crippen LogP contribution in [0.1, 0.15) is 31.0 Å². The van der Waals surface area contributed by atoms with E-state index in [0.717, 1.165) is 11.1 Å². The molecular formula is C19H19N. The number of fused-ring (bicyclic) bond motifs is 3. The van der Waals surface area contributed by atoms with Crippen LogP contribution in [0.4, 0.5) is 0 Å². The zero-order chi connectivity index (χ0) is 14.3. The molecule has 0 fully saturated rings. The van der Waals surface area contributed by atoms with E-state index in [4.69, 9.17) is 0 Å². The average molecular weight is 261 g/mol. The van der Waals surface area contributed by atoms with Crippen molar-refractivity contribution in [3.63, 3.8) is 0 Å². The minimum Gasteiger partial charge on any atom is -0.338 e. The van der Waals surface area contributed by atoms with Gasteiger partial charge in [0.2, 0.25) is 0 Å². The third kappa shape index (κ3) is 1.78. The van der Waals surface area contributed by atoms with Gasteiger partial charge in [0.25, 0.3) is 0 Å². The summed E-state index contributed by atoms with van der Waals surface area (Å²) in [5, 5.41) is 2.57. The van der Waals surface area contributed by atoms with Gasteiger partial charge in [-0.05, 0) is 49.2 Å². The predicted molar refractivity (Wildman–Crippen MR) is 90.0 cm³/mol. The summed E-state index contributed by atoms with van der Waals surface area (Å²) in [5.74, 6) is 0. The van der Waals surface area contributed by atoms with Crippen LogP contribution in [0.3, 0.4) is 0 Å². The Morgan fingerprint density at radius 1 is 0.850 bits per heavy atom. The third-order valence-corrected chi connectivity index (χ3v) is 3.84. The van der Waals surface area contributed by atoms with E-state index in [0.29, 0.717) is 6.04 Å². The fraction of sp³-hybridized carbons (Fsp3) is 0.158. The van der Waals surface area contributed by atoms with Crippen LogP contribution in [0, 0.1) is 0 Å². The molecule has 0 radical (unpaired) electrons. The predicted octanol–water partition coefficient (Wildman–Crippen LogP) is 5.66. The topological polar surface area (TPSA) is 4.93 Å². The lowest BCUT2D eigenvalue weighted by atomic mass is 10.1. The Kier molecular flexibility index (Phi) is 2.98. The van der Waals surface area contributed by atoms with Gasteiger partial charge in [-0.15, -0.1) is 0 Å². The number of nitrogens with zero attached hydrogens (tertiary/aromatic N) is 1. The largest absolute Gasteiger partial charge is 0.338 e. The van der Waals surface area contributed by atoms with Gasteiger partial charge in [0.15, 0.2) is 0 Å². The molecule has 0 aliphatic rings. The maximum Gasteiger partial charge on any atom is 0.0494 e. The van der Waals surface area contributed by atoms with E-state index in [2.05, 4.69) is 68.0 Å². The second kappa shape index (κ2) is 4.68. The summed E-state index contributed by atoms with van der Waals surface area (Å²) in [6.07, 6.45) is 3.80. The Morgan fingerprint density at radius 2 is 1.30 bits per heavy atom. The second-order valence-electron chi connectivity index (χ2n) is 5.43. The summed E-state index contributed by atoms with van der Waals surface area (Å²) in [5.41, 5.74) is 4.87. The summed E-state index contributed by atoms with van der Waals surface area (Å²) >= 11 is 0. The van der Waals surface area contributed by atoms with Crippen molar-refractivity contribution in [3.8, 4) is 0 Å². The lowest BCUT2D eigenvalue weighted by Gasteiger charge is -2.11. The molecule has 0 aliphatic heterocycles. The highest BCUT2D eigenvalue weighted by atomic mass is 15.0. The van der Waals surface area contributed by atoms with E-state index in [1.54, 1.807) is 0 Å². The Labute approximate surface area is 119 Å². The van der Waals surface area contributed by atoms with Gasteiger partial charge >= 0.3 is 0 Å². The summed E-state index contributed by atoms with van der Waals surface area (Å²) in [6.45, 7) is 12.2. The molecule has 0 amide bonds. The highest BCUT2D eigenvalue weighted by Crippen LogP contribution is 2.33. The Balaban J connectivity index is 2.51. The first-order chi connectivity index (χ1) is 9.65. The van der Waals surface area contributed by atoms with Crippen molar-refractivity contribution >= 4 is 34.0 Å². The minimum atomic E-state index is 0.430. The van der Waals surface area contributed by atoms with Gasteiger partial charge in [-0.1, -0.05) is 37.4 Å². The SMILES string of the molecule is C=Cc1ccc2c(c1)c1cc(C=C)ccc1n2C(C)C. The molecule has 0 saturated heterocycles. The molecule has 0 N–H and O–H groups in total. The van der Waals surface area contributed by atoms with Gasteiger partial charge < -0.3 is 4.57 Å². The highest BCUT2D eigenvalue weighted by molar-refractivity contribution is 6.09. The van der Waals surface area contributed by atoms with Crippen LogP contribution in [0.5, 0.6) is 0 Å². The van der Waals surface area contributed by atoms with Crippen molar-refractivity contribution in [2.24, 2.45) is 0 Å². The van der Waals surface area contributed by atoms with Crippen molar-refractivity contribution in [3.05, 3.63) is 60.7 Å². The maximum absolute atomic E-state index is 3.87. The third-order valence-electron chi connectivity index (χ3n) is 3.84. The van der Waals surface area contributed by atoms with Crippen LogP contribution in [0.2, 0.25) is 0 Å². The number of rotatable bonds is 3. The van der Waals surface area contributed by atoms with Crippen molar-refractivity contribution < 1.29 is 0 Å². The fourth-order valence-corrected chi connectivity index (χ4v) is 2.90. The maximum atomic E-state index is 3.87. The zero-order valence-electron chi connectivity index (χ0n) is 12.1. The average Bonchev–Trinajstić information content (AvgIpc) is 2.79. The molecule has 1 nitrogen and oxygen atoms in total.